The van der Waals surface area contributed by atoms with Crippen molar-refractivity contribution in [2.75, 3.05) is 11.9 Å². The fourth-order valence-corrected chi connectivity index (χ4v) is 2.44. The van der Waals surface area contributed by atoms with Gasteiger partial charge in [-0.3, -0.25) is 4.68 Å². The summed E-state index contributed by atoms with van der Waals surface area (Å²) >= 11 is 0. The van der Waals surface area contributed by atoms with Crippen LogP contribution in [0.15, 0.2) is 43.0 Å². The Labute approximate surface area is 145 Å². The molecule has 0 aliphatic carbocycles. The van der Waals surface area contributed by atoms with Gasteiger partial charge in [0.1, 0.15) is 6.33 Å². The molecule has 130 valence electrons. The second-order valence-electron chi connectivity index (χ2n) is 5.92. The fraction of sp³-hybridized carbons (Fsp3) is 0.312. The lowest BCUT2D eigenvalue weighted by atomic mass is 10.2. The van der Waals surface area contributed by atoms with Crippen molar-refractivity contribution in [1.29, 1.82) is 0 Å². The number of hydrogen-bond donors (Lipinski definition) is 2. The molecule has 1 aromatic carbocycles. The number of anilines is 1. The van der Waals surface area contributed by atoms with Crippen LogP contribution in [0.5, 0.6) is 0 Å². The number of nitrogens with one attached hydrogen (secondary N) is 2. The molecule has 1 atom stereocenters. The number of nitrogens with zero attached hydrogens (tertiary/aromatic N) is 6. The molecule has 0 saturated carbocycles. The Morgan fingerprint density at radius 2 is 2.24 bits per heavy atom. The van der Waals surface area contributed by atoms with Gasteiger partial charge in [0.15, 0.2) is 0 Å². The lowest BCUT2D eigenvalue weighted by molar-refractivity contribution is 0.249. The highest BCUT2D eigenvalue weighted by Gasteiger charge is 2.09. The normalized spacial score (nSPS) is 11.9. The molecule has 0 fully saturated rings. The summed E-state index contributed by atoms with van der Waals surface area (Å²) in [6.07, 6.45) is 5.17. The van der Waals surface area contributed by atoms with E-state index in [2.05, 4.69) is 38.2 Å². The fourth-order valence-electron chi connectivity index (χ4n) is 2.44. The summed E-state index contributed by atoms with van der Waals surface area (Å²) in [4.78, 5) is 12.1. The van der Waals surface area contributed by atoms with Crippen LogP contribution in [0.2, 0.25) is 0 Å². The first-order chi connectivity index (χ1) is 12.1. The van der Waals surface area contributed by atoms with Crippen LogP contribution in [0.25, 0.3) is 5.69 Å². The highest BCUT2D eigenvalue weighted by atomic mass is 16.2. The number of carbonyl (C=O) groups is 1. The summed E-state index contributed by atoms with van der Waals surface area (Å²) in [5.41, 5.74) is 2.49. The van der Waals surface area contributed by atoms with Crippen molar-refractivity contribution < 1.29 is 4.79 Å². The molecule has 25 heavy (non-hydrogen) atoms. The highest BCUT2D eigenvalue weighted by Crippen LogP contribution is 2.18. The monoisotopic (exact) mass is 340 g/mol. The van der Waals surface area contributed by atoms with Gasteiger partial charge in [-0.05, 0) is 47.0 Å². The zero-order valence-corrected chi connectivity index (χ0v) is 14.1. The summed E-state index contributed by atoms with van der Waals surface area (Å²) < 4.78 is 3.41. The van der Waals surface area contributed by atoms with Gasteiger partial charge >= 0.3 is 6.03 Å². The molecule has 0 saturated heterocycles. The molecule has 0 radical (unpaired) electrons. The number of aromatic nitrogens is 6. The van der Waals surface area contributed by atoms with E-state index in [1.165, 1.54) is 6.33 Å². The van der Waals surface area contributed by atoms with Crippen molar-refractivity contribution in [2.24, 2.45) is 5.92 Å². The zero-order chi connectivity index (χ0) is 17.6. The third kappa shape index (κ3) is 4.40. The third-order valence-corrected chi connectivity index (χ3v) is 3.73. The summed E-state index contributed by atoms with van der Waals surface area (Å²) in [7, 11) is 0. The second-order valence-corrected chi connectivity index (χ2v) is 5.92. The number of tetrazole rings is 1. The highest BCUT2D eigenvalue weighted by molar-refractivity contribution is 5.89. The number of aryl methyl sites for hydroxylation is 1. The van der Waals surface area contributed by atoms with Crippen LogP contribution in [0.1, 0.15) is 12.5 Å². The maximum atomic E-state index is 12.1. The maximum Gasteiger partial charge on any atom is 0.319 e. The average Bonchev–Trinajstić information content (AvgIpc) is 3.28. The Morgan fingerprint density at radius 3 is 2.96 bits per heavy atom. The first-order valence-corrected chi connectivity index (χ1v) is 7.98. The van der Waals surface area contributed by atoms with E-state index in [9.17, 15) is 4.79 Å². The van der Waals surface area contributed by atoms with Crippen LogP contribution in [-0.2, 0) is 6.54 Å². The Bertz CT molecular complexity index is 813. The lowest BCUT2D eigenvalue weighted by Gasteiger charge is -2.14. The van der Waals surface area contributed by atoms with E-state index in [1.807, 2.05) is 42.1 Å². The third-order valence-electron chi connectivity index (χ3n) is 3.73. The molecule has 9 nitrogen and oxygen atoms in total. The molecule has 2 N–H and O–H groups in total. The molecule has 1 unspecified atom stereocenters. The Morgan fingerprint density at radius 1 is 1.36 bits per heavy atom. The zero-order valence-electron chi connectivity index (χ0n) is 14.1. The number of hydrogen-bond acceptors (Lipinski definition) is 5. The second kappa shape index (κ2) is 7.56. The predicted octanol–water partition coefficient (Wildman–Crippen LogP) is 1.63. The van der Waals surface area contributed by atoms with E-state index in [0.717, 1.165) is 17.8 Å². The lowest BCUT2D eigenvalue weighted by Crippen LogP contribution is -2.33. The molecule has 2 amide bonds. The number of benzene rings is 1. The van der Waals surface area contributed by atoms with Crippen molar-refractivity contribution in [1.82, 2.24) is 35.3 Å². The molecule has 0 spiro atoms. The van der Waals surface area contributed by atoms with Crippen LogP contribution >= 0.6 is 0 Å². The summed E-state index contributed by atoms with van der Waals surface area (Å²) in [5, 5.41) is 21.0. The van der Waals surface area contributed by atoms with Crippen LogP contribution < -0.4 is 10.6 Å². The number of amides is 2. The van der Waals surface area contributed by atoms with Crippen molar-refractivity contribution in [2.45, 2.75) is 20.4 Å². The smallest absolute Gasteiger partial charge is 0.319 e. The number of urea groups is 1. The van der Waals surface area contributed by atoms with Crippen molar-refractivity contribution >= 4 is 11.7 Å². The van der Waals surface area contributed by atoms with E-state index < -0.39 is 0 Å². The van der Waals surface area contributed by atoms with Crippen LogP contribution in [0.4, 0.5) is 10.5 Å². The first kappa shape index (κ1) is 16.6. The molecule has 3 aromatic rings. The van der Waals surface area contributed by atoms with Crippen molar-refractivity contribution in [3.8, 4) is 5.69 Å². The van der Waals surface area contributed by atoms with Gasteiger partial charge in [0.05, 0.1) is 5.69 Å². The van der Waals surface area contributed by atoms with Crippen LogP contribution in [0, 0.1) is 12.8 Å². The van der Waals surface area contributed by atoms with Crippen LogP contribution in [0.3, 0.4) is 0 Å². The minimum absolute atomic E-state index is 0.251. The van der Waals surface area contributed by atoms with E-state index in [1.54, 1.807) is 10.9 Å². The van der Waals surface area contributed by atoms with Gasteiger partial charge in [0, 0.05) is 31.2 Å². The standard InChI is InChI=1S/C16H20N8O/c1-12(10-23-7-3-6-19-23)9-17-16(25)20-14-5-4-13(2)15(8-14)24-11-18-21-22-24/h3-8,11-12H,9-10H2,1-2H3,(H2,17,20,25). The maximum absolute atomic E-state index is 12.1. The van der Waals surface area contributed by atoms with Crippen molar-refractivity contribution in [3.05, 3.63) is 48.5 Å². The largest absolute Gasteiger partial charge is 0.338 e. The van der Waals surface area contributed by atoms with E-state index in [4.69, 9.17) is 0 Å². The quantitative estimate of drug-likeness (QED) is 0.710. The Hall–Kier alpha value is -3.23. The van der Waals surface area contributed by atoms with Gasteiger partial charge in [-0.25, -0.2) is 9.48 Å². The van der Waals surface area contributed by atoms with Gasteiger partial charge in [-0.15, -0.1) is 5.10 Å². The Balaban J connectivity index is 1.55. The van der Waals surface area contributed by atoms with Crippen LogP contribution in [-0.4, -0.2) is 42.6 Å². The number of carbonyl (C=O) groups excluding carboxylic acids is 1. The van der Waals surface area contributed by atoms with Gasteiger partial charge in [-0.1, -0.05) is 13.0 Å². The molecule has 2 aromatic heterocycles. The molecular weight excluding hydrogens is 320 g/mol. The van der Waals surface area contributed by atoms with Gasteiger partial charge in [0.25, 0.3) is 0 Å². The molecule has 3 rings (SSSR count). The molecule has 0 aliphatic heterocycles. The molecule has 2 heterocycles. The minimum Gasteiger partial charge on any atom is -0.338 e. The number of rotatable bonds is 6. The summed E-state index contributed by atoms with van der Waals surface area (Å²) in [6.45, 7) is 5.32. The average molecular weight is 340 g/mol. The minimum atomic E-state index is -0.251. The van der Waals surface area contributed by atoms with Crippen molar-refractivity contribution in [3.63, 3.8) is 0 Å². The molecule has 0 aliphatic rings. The van der Waals surface area contributed by atoms with E-state index in [0.29, 0.717) is 12.2 Å². The predicted molar refractivity (Wildman–Crippen MR) is 92.3 cm³/mol. The Kier molecular flexibility index (Phi) is 5.03. The summed E-state index contributed by atoms with van der Waals surface area (Å²) in [6, 6.07) is 7.22. The first-order valence-electron chi connectivity index (χ1n) is 7.98. The van der Waals surface area contributed by atoms with Gasteiger partial charge in [-0.2, -0.15) is 5.10 Å². The van der Waals surface area contributed by atoms with Gasteiger partial charge in [0.2, 0.25) is 0 Å². The van der Waals surface area contributed by atoms with E-state index >= 15 is 0 Å². The molecule has 0 bridgehead atoms. The van der Waals surface area contributed by atoms with Gasteiger partial charge < -0.3 is 10.6 Å². The van der Waals surface area contributed by atoms with E-state index in [-0.39, 0.29) is 11.9 Å². The SMILES string of the molecule is Cc1ccc(NC(=O)NCC(C)Cn2cccn2)cc1-n1cnnn1. The molecule has 9 heteroatoms. The summed E-state index contributed by atoms with van der Waals surface area (Å²) in [5.74, 6) is 0.264. The topological polar surface area (TPSA) is 103 Å². The molecular formula is C16H20N8O.